The normalized spacial score (nSPS) is 11.9. The third-order valence-electron chi connectivity index (χ3n) is 11.1. The van der Waals surface area contributed by atoms with Crippen molar-refractivity contribution in [3.05, 3.63) is 182 Å². The molecule has 0 atom stereocenters. The quantitative estimate of drug-likeness (QED) is 0.176. The minimum Gasteiger partial charge on any atom is -0.455 e. The SMILES string of the molecule is c1ccc(-c2nc(-c3cccc4c3oc3ccccc34)nc(-c3cccc4c3oc3c(-c5ccc6c7ccccc7n(-c7ccccc7)c6c5)cccc34)n2)cc1. The lowest BCUT2D eigenvalue weighted by atomic mass is 10.0. The van der Waals surface area contributed by atoms with Gasteiger partial charge in [0.05, 0.1) is 22.2 Å². The van der Waals surface area contributed by atoms with E-state index in [1.54, 1.807) is 0 Å². The zero-order chi connectivity index (χ0) is 37.5. The Morgan fingerprint density at radius 1 is 0.333 bits per heavy atom. The van der Waals surface area contributed by atoms with Crippen LogP contribution in [0.25, 0.3) is 117 Å². The molecule has 0 saturated carbocycles. The summed E-state index contributed by atoms with van der Waals surface area (Å²) in [7, 11) is 0. The predicted octanol–water partition coefficient (Wildman–Crippen LogP) is 13.4. The molecule has 0 spiro atoms. The van der Waals surface area contributed by atoms with E-state index in [9.17, 15) is 0 Å². The first kappa shape index (κ1) is 31.5. The number of hydrogen-bond acceptors (Lipinski definition) is 5. The van der Waals surface area contributed by atoms with E-state index in [2.05, 4.69) is 120 Å². The van der Waals surface area contributed by atoms with Gasteiger partial charge in [-0.15, -0.1) is 0 Å². The molecule has 57 heavy (non-hydrogen) atoms. The number of nitrogens with zero attached hydrogens (tertiary/aromatic N) is 4. The van der Waals surface area contributed by atoms with Crippen LogP contribution in [0.1, 0.15) is 0 Å². The van der Waals surface area contributed by atoms with Crippen LogP contribution in [0.15, 0.2) is 191 Å². The fraction of sp³-hybridized carbons (Fsp3) is 0. The van der Waals surface area contributed by atoms with Gasteiger partial charge < -0.3 is 13.4 Å². The van der Waals surface area contributed by atoms with Crippen molar-refractivity contribution in [2.75, 3.05) is 0 Å². The monoisotopic (exact) mass is 730 g/mol. The van der Waals surface area contributed by atoms with Crippen LogP contribution in [-0.2, 0) is 0 Å². The van der Waals surface area contributed by atoms with Gasteiger partial charge in [0.2, 0.25) is 0 Å². The van der Waals surface area contributed by atoms with E-state index < -0.39 is 0 Å². The van der Waals surface area contributed by atoms with Crippen LogP contribution in [0.2, 0.25) is 0 Å². The number of rotatable bonds is 5. The molecular formula is C51H30N4O2. The summed E-state index contributed by atoms with van der Waals surface area (Å²) in [5.41, 5.74) is 11.1. The molecule has 12 aromatic rings. The fourth-order valence-corrected chi connectivity index (χ4v) is 8.47. The number of fused-ring (bicyclic) bond motifs is 9. The summed E-state index contributed by atoms with van der Waals surface area (Å²) in [6, 6.07) is 62.7. The second-order valence-electron chi connectivity index (χ2n) is 14.3. The van der Waals surface area contributed by atoms with Gasteiger partial charge in [-0.3, -0.25) is 0 Å². The van der Waals surface area contributed by atoms with Crippen molar-refractivity contribution >= 4 is 65.7 Å². The molecule has 4 heterocycles. The van der Waals surface area contributed by atoms with Gasteiger partial charge in [0, 0.05) is 49.1 Å². The first-order chi connectivity index (χ1) is 28.3. The maximum Gasteiger partial charge on any atom is 0.167 e. The average Bonchev–Trinajstić information content (AvgIpc) is 3.96. The van der Waals surface area contributed by atoms with E-state index in [0.29, 0.717) is 17.5 Å². The van der Waals surface area contributed by atoms with Gasteiger partial charge in [-0.1, -0.05) is 140 Å². The number of benzene rings is 8. The van der Waals surface area contributed by atoms with Crippen LogP contribution >= 0.6 is 0 Å². The van der Waals surface area contributed by atoms with Crippen LogP contribution in [0, 0.1) is 0 Å². The highest BCUT2D eigenvalue weighted by atomic mass is 16.3. The standard InChI is InChI=1S/C51H30N4O2/c1-3-14-31(15-4-1)49-52-50(41-24-12-21-38-37-19-8-10-27-45(37)56-47(38)41)54-51(53-49)42-25-13-23-40-39-22-11-20-34(46(39)57-48(40)42)32-28-29-36-35-18-7-9-26-43(35)55(44(36)30-32)33-16-5-2-6-17-33/h1-30H. The van der Waals surface area contributed by atoms with E-state index >= 15 is 0 Å². The molecule has 0 radical (unpaired) electrons. The van der Waals surface area contributed by atoms with E-state index in [1.807, 2.05) is 66.7 Å². The molecule has 0 saturated heterocycles. The van der Waals surface area contributed by atoms with Crippen molar-refractivity contribution in [3.8, 4) is 51.0 Å². The van der Waals surface area contributed by atoms with E-state index in [0.717, 1.165) is 82.9 Å². The molecular weight excluding hydrogens is 701 g/mol. The van der Waals surface area contributed by atoms with Crippen molar-refractivity contribution in [1.29, 1.82) is 0 Å². The summed E-state index contributed by atoms with van der Waals surface area (Å²) >= 11 is 0. The average molecular weight is 731 g/mol. The Balaban J connectivity index is 1.07. The van der Waals surface area contributed by atoms with Crippen molar-refractivity contribution in [2.45, 2.75) is 0 Å². The van der Waals surface area contributed by atoms with Crippen molar-refractivity contribution in [1.82, 2.24) is 19.5 Å². The summed E-state index contributed by atoms with van der Waals surface area (Å²) in [5, 5.41) is 6.51. The minimum atomic E-state index is 0.520. The van der Waals surface area contributed by atoms with Crippen molar-refractivity contribution in [3.63, 3.8) is 0 Å². The van der Waals surface area contributed by atoms with Gasteiger partial charge in [-0.2, -0.15) is 0 Å². The molecule has 6 heteroatoms. The molecule has 0 aliphatic heterocycles. The molecule has 12 rings (SSSR count). The summed E-state index contributed by atoms with van der Waals surface area (Å²) < 4.78 is 15.8. The molecule has 0 N–H and O–H groups in total. The Kier molecular flexibility index (Phi) is 6.83. The fourth-order valence-electron chi connectivity index (χ4n) is 8.47. The molecule has 0 bridgehead atoms. The van der Waals surface area contributed by atoms with E-state index in [1.165, 1.54) is 16.3 Å². The first-order valence-corrected chi connectivity index (χ1v) is 19.0. The third kappa shape index (κ3) is 4.87. The lowest BCUT2D eigenvalue weighted by molar-refractivity contribution is 0.669. The predicted molar refractivity (Wildman–Crippen MR) is 230 cm³/mol. The first-order valence-electron chi connectivity index (χ1n) is 19.0. The lowest BCUT2D eigenvalue weighted by Gasteiger charge is -2.09. The highest BCUT2D eigenvalue weighted by Crippen LogP contribution is 2.42. The van der Waals surface area contributed by atoms with Gasteiger partial charge in [0.15, 0.2) is 17.5 Å². The van der Waals surface area contributed by atoms with Crippen LogP contribution in [0.5, 0.6) is 0 Å². The number of aromatic nitrogens is 4. The molecule has 4 aromatic heterocycles. The van der Waals surface area contributed by atoms with Crippen LogP contribution in [0.3, 0.4) is 0 Å². The molecule has 266 valence electrons. The Morgan fingerprint density at radius 3 is 1.60 bits per heavy atom. The number of hydrogen-bond donors (Lipinski definition) is 0. The van der Waals surface area contributed by atoms with E-state index in [4.69, 9.17) is 23.8 Å². The topological polar surface area (TPSA) is 69.9 Å². The molecule has 0 fully saturated rings. The van der Waals surface area contributed by atoms with Gasteiger partial charge >= 0.3 is 0 Å². The molecule has 6 nitrogen and oxygen atoms in total. The maximum atomic E-state index is 6.99. The van der Waals surface area contributed by atoms with Crippen LogP contribution < -0.4 is 0 Å². The van der Waals surface area contributed by atoms with Crippen LogP contribution in [0.4, 0.5) is 0 Å². The second-order valence-corrected chi connectivity index (χ2v) is 14.3. The molecule has 0 amide bonds. The molecule has 0 aliphatic carbocycles. The zero-order valence-electron chi connectivity index (χ0n) is 30.4. The Morgan fingerprint density at radius 2 is 0.860 bits per heavy atom. The van der Waals surface area contributed by atoms with Crippen molar-refractivity contribution < 1.29 is 8.83 Å². The minimum absolute atomic E-state index is 0.520. The van der Waals surface area contributed by atoms with Gasteiger partial charge in [-0.25, -0.2) is 15.0 Å². The summed E-state index contributed by atoms with van der Waals surface area (Å²) in [5.74, 6) is 1.62. The Labute approximate surface area is 325 Å². The lowest BCUT2D eigenvalue weighted by Crippen LogP contribution is -2.00. The van der Waals surface area contributed by atoms with Gasteiger partial charge in [0.1, 0.15) is 22.3 Å². The smallest absolute Gasteiger partial charge is 0.167 e. The maximum absolute atomic E-state index is 6.99. The second kappa shape index (κ2) is 12.3. The highest BCUT2D eigenvalue weighted by Gasteiger charge is 2.22. The number of para-hydroxylation sites is 6. The summed E-state index contributed by atoms with van der Waals surface area (Å²) in [6.45, 7) is 0. The van der Waals surface area contributed by atoms with Crippen LogP contribution in [-0.4, -0.2) is 19.5 Å². The number of furan rings is 2. The molecule has 0 unspecified atom stereocenters. The van der Waals surface area contributed by atoms with E-state index in [-0.39, 0.29) is 0 Å². The third-order valence-corrected chi connectivity index (χ3v) is 11.1. The van der Waals surface area contributed by atoms with Gasteiger partial charge in [0.25, 0.3) is 0 Å². The highest BCUT2D eigenvalue weighted by molar-refractivity contribution is 6.15. The zero-order valence-corrected chi connectivity index (χ0v) is 30.4. The molecule has 0 aliphatic rings. The van der Waals surface area contributed by atoms with Crippen molar-refractivity contribution in [2.24, 2.45) is 0 Å². The molecule has 8 aromatic carbocycles. The summed E-state index contributed by atoms with van der Waals surface area (Å²) in [4.78, 5) is 15.3. The largest absolute Gasteiger partial charge is 0.455 e. The van der Waals surface area contributed by atoms with Gasteiger partial charge in [-0.05, 0) is 48.0 Å². The summed E-state index contributed by atoms with van der Waals surface area (Å²) in [6.07, 6.45) is 0. The Bertz CT molecular complexity index is 3530. The Hall–Kier alpha value is -7.83.